The highest BCUT2D eigenvalue weighted by Gasteiger charge is 2.10. The van der Waals surface area contributed by atoms with Gasteiger partial charge in [0, 0.05) is 21.8 Å². The molecule has 0 saturated carbocycles. The summed E-state index contributed by atoms with van der Waals surface area (Å²) in [6.45, 7) is 2.60. The van der Waals surface area contributed by atoms with Gasteiger partial charge in [-0.15, -0.1) is 0 Å². The van der Waals surface area contributed by atoms with Crippen LogP contribution in [0.2, 0.25) is 0 Å². The molecule has 148 valence electrons. The first-order valence-electron chi connectivity index (χ1n) is 8.70. The summed E-state index contributed by atoms with van der Waals surface area (Å²) < 4.78 is 11.6. The molecular formula is C20H22BrN3O4. The molecule has 0 atom stereocenters. The Morgan fingerprint density at radius 1 is 1.18 bits per heavy atom. The number of rotatable bonds is 9. The van der Waals surface area contributed by atoms with Crippen molar-refractivity contribution in [3.63, 3.8) is 0 Å². The zero-order valence-corrected chi connectivity index (χ0v) is 17.3. The van der Waals surface area contributed by atoms with E-state index in [9.17, 15) is 9.59 Å². The average molecular weight is 448 g/mol. The quantitative estimate of drug-likeness (QED) is 0.348. The molecule has 2 rings (SSSR count). The molecule has 0 spiro atoms. The molecule has 28 heavy (non-hydrogen) atoms. The maximum Gasteiger partial charge on any atom is 0.249 e. The second kappa shape index (κ2) is 11.1. The molecule has 0 heterocycles. The fourth-order valence-corrected chi connectivity index (χ4v) is 2.61. The molecule has 2 aromatic carbocycles. The van der Waals surface area contributed by atoms with Gasteiger partial charge in [0.1, 0.15) is 17.9 Å². The zero-order chi connectivity index (χ0) is 20.4. The number of nitrogens with one attached hydrogen (secondary N) is 2. The number of nitrogens with zero attached hydrogens (tertiary/aromatic N) is 1. The molecule has 0 fully saturated rings. The average Bonchev–Trinajstić information content (AvgIpc) is 2.67. The molecule has 0 aliphatic heterocycles. The van der Waals surface area contributed by atoms with Crippen molar-refractivity contribution in [3.8, 4) is 11.5 Å². The lowest BCUT2D eigenvalue weighted by Gasteiger charge is -2.08. The Morgan fingerprint density at radius 2 is 2.00 bits per heavy atom. The number of ether oxygens (including phenoxy) is 2. The second-order valence-electron chi connectivity index (χ2n) is 5.78. The van der Waals surface area contributed by atoms with Crippen LogP contribution in [0, 0.1) is 0 Å². The molecule has 0 bridgehead atoms. The van der Waals surface area contributed by atoms with Crippen LogP contribution < -0.4 is 20.2 Å². The number of anilines is 1. The van der Waals surface area contributed by atoms with Crippen LogP contribution in [-0.2, 0) is 9.59 Å². The molecule has 0 aliphatic rings. The van der Waals surface area contributed by atoms with E-state index in [1.807, 2.05) is 25.1 Å². The van der Waals surface area contributed by atoms with Gasteiger partial charge in [0.2, 0.25) is 11.8 Å². The third-order valence-corrected chi connectivity index (χ3v) is 3.99. The van der Waals surface area contributed by atoms with Gasteiger partial charge in [-0.1, -0.05) is 28.9 Å². The van der Waals surface area contributed by atoms with Gasteiger partial charge in [0.25, 0.3) is 0 Å². The van der Waals surface area contributed by atoms with Gasteiger partial charge in [0.05, 0.1) is 19.9 Å². The van der Waals surface area contributed by atoms with E-state index in [2.05, 4.69) is 31.8 Å². The Bertz CT molecular complexity index is 855. The van der Waals surface area contributed by atoms with E-state index in [4.69, 9.17) is 9.47 Å². The monoisotopic (exact) mass is 447 g/mol. The van der Waals surface area contributed by atoms with Gasteiger partial charge >= 0.3 is 0 Å². The third-order valence-electron chi connectivity index (χ3n) is 3.50. The van der Waals surface area contributed by atoms with E-state index in [1.54, 1.807) is 24.3 Å². The fourth-order valence-electron chi connectivity index (χ4n) is 2.23. The number of hydrogen-bond acceptors (Lipinski definition) is 5. The van der Waals surface area contributed by atoms with Crippen molar-refractivity contribution in [3.05, 3.63) is 52.5 Å². The van der Waals surface area contributed by atoms with Crippen LogP contribution in [0.5, 0.6) is 11.5 Å². The predicted molar refractivity (Wildman–Crippen MR) is 112 cm³/mol. The molecule has 0 saturated heterocycles. The SMILES string of the molecule is CCCOc1ccc(Br)cc1C=NNC(=O)CC(=O)Nc1cccc(OC)c1. The topological polar surface area (TPSA) is 89.0 Å². The summed E-state index contributed by atoms with van der Waals surface area (Å²) in [4.78, 5) is 23.9. The number of hydrogen-bond donors (Lipinski definition) is 2. The molecule has 0 radical (unpaired) electrons. The second-order valence-corrected chi connectivity index (χ2v) is 6.70. The van der Waals surface area contributed by atoms with Crippen molar-refractivity contribution in [2.24, 2.45) is 5.10 Å². The molecule has 0 aromatic heterocycles. The summed E-state index contributed by atoms with van der Waals surface area (Å²) in [5, 5.41) is 6.55. The first kappa shape index (κ1) is 21.4. The summed E-state index contributed by atoms with van der Waals surface area (Å²) in [6.07, 6.45) is 2.01. The Balaban J connectivity index is 1.89. The number of carbonyl (C=O) groups excluding carboxylic acids is 2. The van der Waals surface area contributed by atoms with E-state index >= 15 is 0 Å². The molecular weight excluding hydrogens is 426 g/mol. The van der Waals surface area contributed by atoms with Crippen molar-refractivity contribution in [2.75, 3.05) is 19.0 Å². The van der Waals surface area contributed by atoms with E-state index in [1.165, 1.54) is 13.3 Å². The van der Waals surface area contributed by atoms with Crippen LogP contribution in [0.3, 0.4) is 0 Å². The molecule has 0 aliphatic carbocycles. The minimum Gasteiger partial charge on any atom is -0.497 e. The van der Waals surface area contributed by atoms with Gasteiger partial charge in [0.15, 0.2) is 0 Å². The predicted octanol–water partition coefficient (Wildman–Crippen LogP) is 3.73. The first-order valence-corrected chi connectivity index (χ1v) is 9.49. The Morgan fingerprint density at radius 3 is 2.75 bits per heavy atom. The van der Waals surface area contributed by atoms with E-state index < -0.39 is 11.8 Å². The summed E-state index contributed by atoms with van der Waals surface area (Å²) >= 11 is 3.39. The summed E-state index contributed by atoms with van der Waals surface area (Å²) in [5.74, 6) is 0.304. The highest BCUT2D eigenvalue weighted by molar-refractivity contribution is 9.10. The normalized spacial score (nSPS) is 10.5. The van der Waals surface area contributed by atoms with E-state index in [-0.39, 0.29) is 6.42 Å². The van der Waals surface area contributed by atoms with Crippen molar-refractivity contribution in [1.82, 2.24) is 5.43 Å². The zero-order valence-electron chi connectivity index (χ0n) is 15.7. The summed E-state index contributed by atoms with van der Waals surface area (Å²) in [7, 11) is 1.54. The molecule has 2 amide bonds. The standard InChI is InChI=1S/C20H22BrN3O4/c1-3-9-28-18-8-7-15(21)10-14(18)13-22-24-20(26)12-19(25)23-16-5-4-6-17(11-16)27-2/h4-8,10-11,13H,3,9,12H2,1-2H3,(H,23,25)(H,24,26). The third kappa shape index (κ3) is 7.03. The Labute approximate surface area is 172 Å². The van der Waals surface area contributed by atoms with Crippen LogP contribution in [0.15, 0.2) is 52.0 Å². The maximum absolute atomic E-state index is 12.0. The highest BCUT2D eigenvalue weighted by Crippen LogP contribution is 2.22. The molecule has 7 nitrogen and oxygen atoms in total. The van der Waals surface area contributed by atoms with Crippen LogP contribution in [-0.4, -0.2) is 31.7 Å². The van der Waals surface area contributed by atoms with Gasteiger partial charge in [-0.3, -0.25) is 9.59 Å². The van der Waals surface area contributed by atoms with Crippen LogP contribution in [0.1, 0.15) is 25.3 Å². The van der Waals surface area contributed by atoms with Gasteiger partial charge in [-0.05, 0) is 36.8 Å². The van der Waals surface area contributed by atoms with Gasteiger partial charge in [-0.25, -0.2) is 5.43 Å². The van der Waals surface area contributed by atoms with Crippen molar-refractivity contribution < 1.29 is 19.1 Å². The molecule has 8 heteroatoms. The lowest BCUT2D eigenvalue weighted by molar-refractivity contribution is -0.126. The highest BCUT2D eigenvalue weighted by atomic mass is 79.9. The number of carbonyl (C=O) groups is 2. The van der Waals surface area contributed by atoms with E-state index in [0.29, 0.717) is 29.4 Å². The van der Waals surface area contributed by atoms with Gasteiger partial charge in [-0.2, -0.15) is 5.10 Å². The molecule has 2 aromatic rings. The van der Waals surface area contributed by atoms with Gasteiger partial charge < -0.3 is 14.8 Å². The molecule has 2 N–H and O–H groups in total. The number of benzene rings is 2. The number of methoxy groups -OCH3 is 1. The lowest BCUT2D eigenvalue weighted by atomic mass is 10.2. The number of amides is 2. The maximum atomic E-state index is 12.0. The van der Waals surface area contributed by atoms with Crippen LogP contribution in [0.4, 0.5) is 5.69 Å². The fraction of sp³-hybridized carbons (Fsp3) is 0.250. The largest absolute Gasteiger partial charge is 0.497 e. The van der Waals surface area contributed by atoms with Crippen LogP contribution >= 0.6 is 15.9 Å². The van der Waals surface area contributed by atoms with E-state index in [0.717, 1.165) is 10.9 Å². The Kier molecular flexibility index (Phi) is 8.48. The number of hydrazone groups is 1. The van der Waals surface area contributed by atoms with Crippen LogP contribution in [0.25, 0.3) is 0 Å². The smallest absolute Gasteiger partial charge is 0.249 e. The van der Waals surface area contributed by atoms with Crippen molar-refractivity contribution in [1.29, 1.82) is 0 Å². The first-order chi connectivity index (χ1) is 13.5. The van der Waals surface area contributed by atoms with Crippen molar-refractivity contribution in [2.45, 2.75) is 19.8 Å². The van der Waals surface area contributed by atoms with Crippen molar-refractivity contribution >= 4 is 39.6 Å². The Hall–Kier alpha value is -2.87. The molecule has 0 unspecified atom stereocenters. The number of halogens is 1. The summed E-state index contributed by atoms with van der Waals surface area (Å²) in [5.41, 5.74) is 3.61. The summed E-state index contributed by atoms with van der Waals surface area (Å²) in [6, 6.07) is 12.4. The minimum atomic E-state index is -0.525. The lowest BCUT2D eigenvalue weighted by Crippen LogP contribution is -2.24. The minimum absolute atomic E-state index is 0.355.